The Bertz CT molecular complexity index is 620. The molecule has 0 saturated heterocycles. The molecular formula is C29H46P2. The summed E-state index contributed by atoms with van der Waals surface area (Å²) in [5.41, 5.74) is 1.72. The second kappa shape index (κ2) is 16.0. The Hall–Kier alpha value is -0.700. The molecule has 0 amide bonds. The first kappa shape index (κ1) is 26.6. The van der Waals surface area contributed by atoms with Gasteiger partial charge in [0, 0.05) is 0 Å². The zero-order chi connectivity index (χ0) is 22.3. The number of rotatable bonds is 16. The molecule has 0 aliphatic rings. The minimum Gasteiger partial charge on any atom is -0.104 e. The number of hydrogen-bond donors (Lipinski definition) is 0. The molecule has 0 bridgehead atoms. The summed E-state index contributed by atoms with van der Waals surface area (Å²) in [6.07, 6.45) is 15.5. The van der Waals surface area contributed by atoms with Crippen LogP contribution in [0.4, 0.5) is 0 Å². The lowest BCUT2D eigenvalue weighted by Crippen LogP contribution is -2.25. The summed E-state index contributed by atoms with van der Waals surface area (Å²) in [5.74, 6) is 0. The lowest BCUT2D eigenvalue weighted by molar-refractivity contribution is 0.664. The summed E-state index contributed by atoms with van der Waals surface area (Å²) in [7, 11) is -0.137. The Kier molecular flexibility index (Phi) is 13.7. The molecule has 2 heteroatoms. The molecule has 2 aromatic rings. The topological polar surface area (TPSA) is 0 Å². The quantitative estimate of drug-likeness (QED) is 0.175. The van der Waals surface area contributed by atoms with Crippen LogP contribution < -0.4 is 10.6 Å². The van der Waals surface area contributed by atoms with Crippen molar-refractivity contribution in [3.63, 3.8) is 0 Å². The highest BCUT2D eigenvalue weighted by Gasteiger charge is 2.28. The molecule has 2 aromatic carbocycles. The predicted molar refractivity (Wildman–Crippen MR) is 148 cm³/mol. The first-order valence-corrected chi connectivity index (χ1v) is 16.1. The first-order chi connectivity index (χ1) is 15.2. The van der Waals surface area contributed by atoms with Gasteiger partial charge in [0.05, 0.1) is 0 Å². The van der Waals surface area contributed by atoms with Crippen LogP contribution in [-0.4, -0.2) is 23.6 Å². The molecule has 0 aliphatic carbocycles. The molecule has 2 rings (SSSR count). The maximum atomic E-state index is 2.47. The van der Waals surface area contributed by atoms with Gasteiger partial charge in [0.2, 0.25) is 0 Å². The van der Waals surface area contributed by atoms with E-state index < -0.39 is 0 Å². The fourth-order valence-corrected chi connectivity index (χ4v) is 11.1. The molecule has 0 heterocycles. The van der Waals surface area contributed by atoms with Crippen molar-refractivity contribution in [2.24, 2.45) is 0 Å². The van der Waals surface area contributed by atoms with Crippen LogP contribution in [0.3, 0.4) is 0 Å². The second-order valence-corrected chi connectivity index (χ2v) is 14.2. The van der Waals surface area contributed by atoms with Crippen molar-refractivity contribution >= 4 is 26.5 Å². The van der Waals surface area contributed by atoms with Gasteiger partial charge in [0.1, 0.15) is 0 Å². The number of unbranched alkanes of at least 4 members (excludes halogenated alkanes) is 4. The Balaban J connectivity index is 2.24. The monoisotopic (exact) mass is 456 g/mol. The zero-order valence-corrected chi connectivity index (χ0v) is 22.4. The molecule has 172 valence electrons. The van der Waals surface area contributed by atoms with Crippen LogP contribution in [0.1, 0.15) is 85.5 Å². The van der Waals surface area contributed by atoms with E-state index in [4.69, 9.17) is 0 Å². The van der Waals surface area contributed by atoms with E-state index in [1.54, 1.807) is 10.6 Å². The summed E-state index contributed by atoms with van der Waals surface area (Å²) in [4.78, 5) is 0. The third-order valence-corrected chi connectivity index (χ3v) is 12.9. The van der Waals surface area contributed by atoms with Crippen molar-refractivity contribution in [3.05, 3.63) is 60.7 Å². The molecule has 0 N–H and O–H groups in total. The van der Waals surface area contributed by atoms with E-state index in [0.29, 0.717) is 0 Å². The van der Waals surface area contributed by atoms with Gasteiger partial charge in [0.15, 0.2) is 0 Å². The molecule has 2 atom stereocenters. The van der Waals surface area contributed by atoms with Crippen LogP contribution in [0.15, 0.2) is 60.7 Å². The summed E-state index contributed by atoms with van der Waals surface area (Å²) < 4.78 is 0. The summed E-state index contributed by atoms with van der Waals surface area (Å²) in [5, 5.41) is 3.12. The van der Waals surface area contributed by atoms with Gasteiger partial charge in [-0.2, -0.15) is 0 Å². The van der Waals surface area contributed by atoms with Gasteiger partial charge < -0.3 is 0 Å². The van der Waals surface area contributed by atoms with Gasteiger partial charge >= 0.3 is 0 Å². The van der Waals surface area contributed by atoms with E-state index in [1.807, 2.05) is 0 Å². The van der Waals surface area contributed by atoms with Crippen molar-refractivity contribution < 1.29 is 0 Å². The summed E-state index contributed by atoms with van der Waals surface area (Å²) in [6.45, 7) is 9.60. The Morgan fingerprint density at radius 3 is 1.42 bits per heavy atom. The van der Waals surface area contributed by atoms with Gasteiger partial charge in [0.25, 0.3) is 0 Å². The van der Waals surface area contributed by atoms with Crippen molar-refractivity contribution in [1.82, 2.24) is 0 Å². The fraction of sp³-hybridized carbons (Fsp3) is 0.586. The number of benzene rings is 2. The van der Waals surface area contributed by atoms with E-state index in [9.17, 15) is 0 Å². The van der Waals surface area contributed by atoms with Crippen LogP contribution in [0.5, 0.6) is 0 Å². The van der Waals surface area contributed by atoms with Gasteiger partial charge in [-0.25, -0.2) is 0 Å². The van der Waals surface area contributed by atoms with Crippen LogP contribution in [-0.2, 0) is 0 Å². The van der Waals surface area contributed by atoms with Gasteiger partial charge in [-0.05, 0) is 74.3 Å². The lowest BCUT2D eigenvalue weighted by atomic mass is 10.1. The molecular weight excluding hydrogens is 410 g/mol. The molecule has 0 aliphatic heterocycles. The van der Waals surface area contributed by atoms with Crippen molar-refractivity contribution in [2.45, 2.75) is 96.8 Å². The van der Waals surface area contributed by atoms with E-state index in [2.05, 4.69) is 88.4 Å². The lowest BCUT2D eigenvalue weighted by Gasteiger charge is -2.34. The first-order valence-electron chi connectivity index (χ1n) is 12.9. The highest BCUT2D eigenvalue weighted by Crippen LogP contribution is 2.51. The van der Waals surface area contributed by atoms with Crippen molar-refractivity contribution in [3.8, 4) is 0 Å². The maximum Gasteiger partial charge on any atom is -0.0125 e. The van der Waals surface area contributed by atoms with Gasteiger partial charge in [-0.15, -0.1) is 7.92 Å². The van der Waals surface area contributed by atoms with Gasteiger partial charge in [-0.3, -0.25) is 0 Å². The smallest absolute Gasteiger partial charge is 0.0125 e. The molecule has 0 fully saturated rings. The third-order valence-electron chi connectivity index (χ3n) is 6.53. The standard InChI is InChI=1S/C29H46P2/c1-5-9-17-23-30(24-18-10-6-2)26(7-3)25-27(8-4)31(28-19-13-11-14-20-28)29-21-15-12-16-22-29/h11-16,19-22,26-27H,5-10,17-18,23-25H2,1-4H3. The Morgan fingerprint density at radius 2 is 1.03 bits per heavy atom. The van der Waals surface area contributed by atoms with Crippen molar-refractivity contribution in [2.75, 3.05) is 12.3 Å². The average Bonchev–Trinajstić information content (AvgIpc) is 2.82. The van der Waals surface area contributed by atoms with Gasteiger partial charge in [-0.1, -0.05) is 114 Å². The van der Waals surface area contributed by atoms with Crippen LogP contribution in [0, 0.1) is 0 Å². The molecule has 0 nitrogen and oxygen atoms in total. The molecule has 0 radical (unpaired) electrons. The predicted octanol–water partition coefficient (Wildman–Crippen LogP) is 8.93. The van der Waals surface area contributed by atoms with Crippen molar-refractivity contribution in [1.29, 1.82) is 0 Å². The Morgan fingerprint density at radius 1 is 0.581 bits per heavy atom. The molecule has 0 aromatic heterocycles. The second-order valence-electron chi connectivity index (χ2n) is 8.85. The normalized spacial score (nSPS) is 13.6. The van der Waals surface area contributed by atoms with E-state index in [0.717, 1.165) is 11.3 Å². The van der Waals surface area contributed by atoms with E-state index in [1.165, 1.54) is 70.1 Å². The summed E-state index contributed by atoms with van der Waals surface area (Å²) >= 11 is 0. The minimum absolute atomic E-state index is 0.162. The van der Waals surface area contributed by atoms with Crippen LogP contribution >= 0.6 is 15.8 Å². The SMILES string of the molecule is CCCCCP(CCCCC)C(CC)CC(CC)P(c1ccccc1)c1ccccc1. The molecule has 0 saturated carbocycles. The van der Waals surface area contributed by atoms with E-state index >= 15 is 0 Å². The Labute approximate surface area is 196 Å². The largest absolute Gasteiger partial charge is 0.104 e. The third kappa shape index (κ3) is 8.98. The summed E-state index contributed by atoms with van der Waals surface area (Å²) in [6, 6.07) is 22.8. The minimum atomic E-state index is -0.299. The van der Waals surface area contributed by atoms with E-state index in [-0.39, 0.29) is 15.8 Å². The molecule has 2 unspecified atom stereocenters. The highest BCUT2D eigenvalue weighted by atomic mass is 31.1. The van der Waals surface area contributed by atoms with Crippen LogP contribution in [0.25, 0.3) is 0 Å². The highest BCUT2D eigenvalue weighted by molar-refractivity contribution is 7.73. The zero-order valence-electron chi connectivity index (χ0n) is 20.6. The fourth-order valence-electron chi connectivity index (χ4n) is 4.70. The van der Waals surface area contributed by atoms with Crippen LogP contribution in [0.2, 0.25) is 0 Å². The maximum absolute atomic E-state index is 2.47. The average molecular weight is 457 g/mol. The number of hydrogen-bond acceptors (Lipinski definition) is 0. The molecule has 31 heavy (non-hydrogen) atoms. The molecule has 0 spiro atoms.